The van der Waals surface area contributed by atoms with Crippen molar-refractivity contribution in [1.82, 2.24) is 30.2 Å². The number of esters is 1. The number of hydrazine groups is 1. The largest absolute Gasteiger partial charge is 0.508 e. The fraction of sp³-hybridized carbons (Fsp3) is 0.540. The molecule has 6 atom stereocenters. The average molecular weight is 878 g/mol. The van der Waals surface area contributed by atoms with Gasteiger partial charge in [-0.05, 0) is 111 Å². The van der Waals surface area contributed by atoms with Crippen molar-refractivity contribution in [2.45, 2.75) is 130 Å². The van der Waals surface area contributed by atoms with Gasteiger partial charge >= 0.3 is 5.97 Å². The number of hydrogen-bond acceptors (Lipinski definition) is 10. The van der Waals surface area contributed by atoms with Crippen molar-refractivity contribution >= 4 is 34.6 Å². The predicted molar refractivity (Wildman–Crippen MR) is 247 cm³/mol. The van der Waals surface area contributed by atoms with Gasteiger partial charge in [-0.25, -0.2) is 5.43 Å². The summed E-state index contributed by atoms with van der Waals surface area (Å²) in [5.74, 6) is -2.23. The molecule has 4 aromatic rings. The summed E-state index contributed by atoms with van der Waals surface area (Å²) in [5, 5.41) is 16.8. The number of nitrogens with two attached hydrogens (primary N) is 1. The number of carbonyl (C=O) groups is 4. The van der Waals surface area contributed by atoms with Crippen LogP contribution in [0.25, 0.3) is 33.3 Å². The predicted octanol–water partition coefficient (Wildman–Crippen LogP) is 6.45. The Morgan fingerprint density at radius 1 is 1.06 bits per heavy atom. The number of fused-ring (bicyclic) bond motifs is 6. The SMILES string of the molecule is CCn1c(-c2cccnc2[C@H](C)OC)c2c3cc(ccc31)-c1cc(O)cc(c1)C[C@H](NC(=O)C(C(C)C)N(C)C(=O)[C@H]1CCCC[C@H]1N)C(=O)N1CCC[C@H](N1)C(=O)OCC(C)(C)C2. The van der Waals surface area contributed by atoms with Crippen molar-refractivity contribution in [2.75, 3.05) is 27.3 Å². The number of likely N-dealkylation sites (N-methyl/N-ethyl adjacent to an activating group) is 1. The highest BCUT2D eigenvalue weighted by atomic mass is 16.5. The minimum atomic E-state index is -1.12. The molecule has 3 aliphatic rings. The second kappa shape index (κ2) is 19.4. The molecule has 14 nitrogen and oxygen atoms in total. The molecule has 2 aliphatic heterocycles. The molecule has 6 bridgehead atoms. The molecule has 344 valence electrons. The van der Waals surface area contributed by atoms with E-state index in [1.807, 2.05) is 39.0 Å². The number of phenolic OH excluding ortho intramolecular Hbond substituents is 1. The number of methoxy groups -OCH3 is 1. The number of amides is 3. The average Bonchev–Trinajstić information content (AvgIpc) is 3.58. The fourth-order valence-corrected chi connectivity index (χ4v) is 10.1. The van der Waals surface area contributed by atoms with Crippen LogP contribution in [0, 0.1) is 17.3 Å². The smallest absolute Gasteiger partial charge is 0.324 e. The summed E-state index contributed by atoms with van der Waals surface area (Å²) in [4.78, 5) is 63.3. The van der Waals surface area contributed by atoms with Crippen molar-refractivity contribution in [3.8, 4) is 28.1 Å². The molecule has 4 heterocycles. The maximum atomic E-state index is 14.7. The first-order chi connectivity index (χ1) is 30.5. The standard InChI is InChI=1S/C50H67N7O7/c1-9-56-42-19-18-32-26-37(42)38(45(56)36-15-12-20-52-43(36)30(4)63-8)27-50(5,6)28-64-49(62)40-17-13-21-57(54-40)48(61)41(24-31-22-33(32)25-34(58)23-31)53-46(59)44(29(2)3)55(7)47(60)35-14-10-11-16-39(35)51/h12,15,18-20,22-23,25-26,29-30,35,39-41,44,54,58H,9-11,13-14,16-17,21,24,27-28,51H2,1-8H3,(H,53,59)/t30-,35-,39+,40-,41-,44?/m0/s1. The summed E-state index contributed by atoms with van der Waals surface area (Å²) < 4.78 is 14.2. The zero-order valence-corrected chi connectivity index (χ0v) is 38.8. The second-order valence-corrected chi connectivity index (χ2v) is 19.2. The number of aromatic hydroxyl groups is 1. The van der Waals surface area contributed by atoms with Crippen LogP contribution in [0.4, 0.5) is 0 Å². The molecule has 0 radical (unpaired) electrons. The Labute approximate surface area is 377 Å². The first-order valence-electron chi connectivity index (χ1n) is 23.0. The van der Waals surface area contributed by atoms with Crippen molar-refractivity contribution in [3.05, 3.63) is 71.5 Å². The lowest BCUT2D eigenvalue weighted by atomic mass is 9.83. The minimum absolute atomic E-state index is 0.00868. The van der Waals surface area contributed by atoms with E-state index < -0.39 is 41.3 Å². The van der Waals surface area contributed by atoms with Gasteiger partial charge in [0, 0.05) is 67.8 Å². The lowest BCUT2D eigenvalue weighted by molar-refractivity contribution is -0.155. The molecule has 14 heteroatoms. The van der Waals surface area contributed by atoms with Crippen LogP contribution in [0.3, 0.4) is 0 Å². The Bertz CT molecular complexity index is 2380. The van der Waals surface area contributed by atoms with Crippen LogP contribution < -0.4 is 16.5 Å². The number of pyridine rings is 1. The molecule has 1 saturated carbocycles. The van der Waals surface area contributed by atoms with E-state index >= 15 is 0 Å². The molecule has 1 aliphatic carbocycles. The van der Waals surface area contributed by atoms with Gasteiger partial charge in [0.05, 0.1) is 30.0 Å². The number of carbonyl (C=O) groups excluding carboxylic acids is 4. The third-order valence-corrected chi connectivity index (χ3v) is 13.5. The summed E-state index contributed by atoms with van der Waals surface area (Å²) in [6.45, 7) is 13.1. The number of aryl methyl sites for hydroxylation is 1. The van der Waals surface area contributed by atoms with Gasteiger partial charge < -0.3 is 35.1 Å². The molecule has 3 amide bonds. The molecular weight excluding hydrogens is 811 g/mol. The summed E-state index contributed by atoms with van der Waals surface area (Å²) in [6.07, 6.45) is 6.35. The second-order valence-electron chi connectivity index (χ2n) is 19.2. The number of nitrogens with one attached hydrogen (secondary N) is 2. The van der Waals surface area contributed by atoms with Crippen molar-refractivity contribution in [3.63, 3.8) is 0 Å². The number of benzene rings is 2. The van der Waals surface area contributed by atoms with E-state index in [-0.39, 0.29) is 48.7 Å². The Kier molecular flexibility index (Phi) is 14.2. The number of hydrogen-bond donors (Lipinski definition) is 4. The number of ether oxygens (including phenoxy) is 2. The van der Waals surface area contributed by atoms with Crippen molar-refractivity contribution in [1.29, 1.82) is 0 Å². The zero-order valence-electron chi connectivity index (χ0n) is 38.8. The fourth-order valence-electron chi connectivity index (χ4n) is 10.1. The lowest BCUT2D eigenvalue weighted by Crippen LogP contribution is -2.62. The lowest BCUT2D eigenvalue weighted by Gasteiger charge is -2.38. The van der Waals surface area contributed by atoms with Gasteiger partial charge in [0.15, 0.2) is 0 Å². The number of rotatable bonds is 9. The Morgan fingerprint density at radius 3 is 2.55 bits per heavy atom. The molecule has 2 aromatic carbocycles. The van der Waals surface area contributed by atoms with Crippen LogP contribution in [0.15, 0.2) is 54.7 Å². The van der Waals surface area contributed by atoms with E-state index in [1.165, 1.54) is 9.91 Å². The van der Waals surface area contributed by atoms with Crippen molar-refractivity contribution < 1.29 is 33.8 Å². The normalized spacial score (nSPS) is 22.7. The Balaban J connectivity index is 1.33. The number of aromatic nitrogens is 2. The van der Waals surface area contributed by atoms with Crippen LogP contribution >= 0.6 is 0 Å². The first-order valence-corrected chi connectivity index (χ1v) is 23.0. The van der Waals surface area contributed by atoms with Gasteiger partial charge in [0.25, 0.3) is 5.91 Å². The minimum Gasteiger partial charge on any atom is -0.508 e. The molecule has 1 saturated heterocycles. The summed E-state index contributed by atoms with van der Waals surface area (Å²) in [5.41, 5.74) is 16.1. The maximum Gasteiger partial charge on any atom is 0.324 e. The van der Waals surface area contributed by atoms with E-state index in [1.54, 1.807) is 32.5 Å². The summed E-state index contributed by atoms with van der Waals surface area (Å²) in [6, 6.07) is 12.5. The molecule has 1 unspecified atom stereocenters. The van der Waals surface area contributed by atoms with Crippen LogP contribution in [0.5, 0.6) is 5.75 Å². The topological polar surface area (TPSA) is 181 Å². The third kappa shape index (κ3) is 9.69. The van der Waals surface area contributed by atoms with E-state index in [4.69, 9.17) is 20.2 Å². The number of cyclic esters (lactones) is 1. The molecule has 5 N–H and O–H groups in total. The molecule has 0 spiro atoms. The third-order valence-electron chi connectivity index (χ3n) is 13.5. The van der Waals surface area contributed by atoms with E-state index in [0.717, 1.165) is 63.8 Å². The van der Waals surface area contributed by atoms with Gasteiger partial charge in [-0.15, -0.1) is 0 Å². The Hall–Kier alpha value is -5.31. The highest BCUT2D eigenvalue weighted by molar-refractivity contribution is 5.96. The first kappa shape index (κ1) is 46.7. The van der Waals surface area contributed by atoms with E-state index in [2.05, 4.69) is 54.3 Å². The van der Waals surface area contributed by atoms with Crippen LogP contribution in [-0.4, -0.2) is 99.7 Å². The monoisotopic (exact) mass is 878 g/mol. The molecule has 7 rings (SSSR count). The summed E-state index contributed by atoms with van der Waals surface area (Å²) in [7, 11) is 3.32. The Morgan fingerprint density at radius 2 is 1.83 bits per heavy atom. The van der Waals surface area contributed by atoms with Gasteiger partial charge in [0.2, 0.25) is 11.8 Å². The highest BCUT2D eigenvalue weighted by Crippen LogP contribution is 2.42. The molecule has 2 fully saturated rings. The van der Waals surface area contributed by atoms with Crippen LogP contribution in [0.2, 0.25) is 0 Å². The van der Waals surface area contributed by atoms with Crippen LogP contribution in [0.1, 0.15) is 103 Å². The summed E-state index contributed by atoms with van der Waals surface area (Å²) >= 11 is 0. The quantitative estimate of drug-likeness (QED) is 0.137. The molecule has 64 heavy (non-hydrogen) atoms. The zero-order chi connectivity index (χ0) is 46.0. The molecule has 2 aromatic heterocycles. The van der Waals surface area contributed by atoms with Gasteiger partial charge in [-0.2, -0.15) is 0 Å². The maximum absolute atomic E-state index is 14.7. The highest BCUT2D eigenvalue weighted by Gasteiger charge is 2.40. The number of nitrogens with zero attached hydrogens (tertiary/aromatic N) is 4. The van der Waals surface area contributed by atoms with E-state index in [9.17, 15) is 24.3 Å². The van der Waals surface area contributed by atoms with Crippen molar-refractivity contribution in [2.24, 2.45) is 23.0 Å². The molecular formula is C50H67N7O7. The van der Waals surface area contributed by atoms with Gasteiger partial charge in [-0.1, -0.05) is 52.7 Å². The van der Waals surface area contributed by atoms with Crippen LogP contribution in [-0.2, 0) is 48.0 Å². The van der Waals surface area contributed by atoms with Gasteiger partial charge in [-0.3, -0.25) is 29.2 Å². The number of phenols is 1. The van der Waals surface area contributed by atoms with E-state index in [0.29, 0.717) is 44.3 Å². The van der Waals surface area contributed by atoms with Gasteiger partial charge in [0.1, 0.15) is 23.9 Å².